The van der Waals surface area contributed by atoms with Gasteiger partial charge in [0.2, 0.25) is 5.91 Å². The summed E-state index contributed by atoms with van der Waals surface area (Å²) in [6, 6.07) is 9.72. The number of carbonyl (C=O) groups excluding carboxylic acids is 2. The van der Waals surface area contributed by atoms with E-state index in [0.717, 1.165) is 37.3 Å². The molecule has 2 aromatic rings. The van der Waals surface area contributed by atoms with E-state index in [2.05, 4.69) is 11.6 Å². The van der Waals surface area contributed by atoms with Crippen LogP contribution < -0.4 is 4.72 Å². The largest absolute Gasteiger partial charge is 0.342 e. The SMILES string of the molecule is CC1CCN(C(=O)C2CCN(C(=O)c3ccc(NS(=O)(=O)c4cccs4)cc3)CC2)CC1. The highest BCUT2D eigenvalue weighted by Crippen LogP contribution is 2.25. The van der Waals surface area contributed by atoms with Gasteiger partial charge in [0.25, 0.3) is 15.9 Å². The molecular weight excluding hydrogens is 446 g/mol. The summed E-state index contributed by atoms with van der Waals surface area (Å²) in [7, 11) is -3.61. The Labute approximate surface area is 193 Å². The topological polar surface area (TPSA) is 86.8 Å². The predicted octanol–water partition coefficient (Wildman–Crippen LogP) is 3.66. The van der Waals surface area contributed by atoms with Crippen molar-refractivity contribution in [1.29, 1.82) is 0 Å². The molecule has 3 heterocycles. The summed E-state index contributed by atoms with van der Waals surface area (Å²) >= 11 is 1.15. The molecule has 0 saturated carbocycles. The molecule has 4 rings (SSSR count). The number of nitrogens with zero attached hydrogens (tertiary/aromatic N) is 2. The van der Waals surface area contributed by atoms with Crippen LogP contribution in [0.1, 0.15) is 43.0 Å². The minimum atomic E-state index is -3.61. The highest BCUT2D eigenvalue weighted by Gasteiger charge is 2.31. The van der Waals surface area contributed by atoms with Gasteiger partial charge in [-0.3, -0.25) is 14.3 Å². The van der Waals surface area contributed by atoms with Crippen LogP contribution in [-0.2, 0) is 14.8 Å². The summed E-state index contributed by atoms with van der Waals surface area (Å²) in [5.41, 5.74) is 0.925. The fourth-order valence-corrected chi connectivity index (χ4v) is 6.35. The monoisotopic (exact) mass is 475 g/mol. The van der Waals surface area contributed by atoms with Gasteiger partial charge in [-0.15, -0.1) is 11.3 Å². The van der Waals surface area contributed by atoms with Crippen LogP contribution in [0.25, 0.3) is 0 Å². The first-order valence-electron chi connectivity index (χ1n) is 11.1. The number of hydrogen-bond donors (Lipinski definition) is 1. The number of anilines is 1. The number of nitrogens with one attached hydrogen (secondary N) is 1. The number of thiophene rings is 1. The number of carbonyl (C=O) groups is 2. The Morgan fingerprint density at radius 3 is 2.16 bits per heavy atom. The van der Waals surface area contributed by atoms with Crippen molar-refractivity contribution in [2.45, 2.75) is 36.8 Å². The van der Waals surface area contributed by atoms with Gasteiger partial charge in [0, 0.05) is 43.3 Å². The molecular formula is C23H29N3O4S2. The van der Waals surface area contributed by atoms with Crippen molar-refractivity contribution in [2.75, 3.05) is 30.9 Å². The van der Waals surface area contributed by atoms with Gasteiger partial charge < -0.3 is 9.80 Å². The van der Waals surface area contributed by atoms with Gasteiger partial charge in [0.15, 0.2) is 0 Å². The summed E-state index contributed by atoms with van der Waals surface area (Å²) in [5, 5.41) is 1.71. The average molecular weight is 476 g/mol. The van der Waals surface area contributed by atoms with Gasteiger partial charge in [-0.25, -0.2) is 8.42 Å². The van der Waals surface area contributed by atoms with Crippen molar-refractivity contribution < 1.29 is 18.0 Å². The predicted molar refractivity (Wildman–Crippen MR) is 125 cm³/mol. The Morgan fingerprint density at radius 2 is 1.56 bits per heavy atom. The van der Waals surface area contributed by atoms with Gasteiger partial charge in [-0.1, -0.05) is 13.0 Å². The van der Waals surface area contributed by atoms with Crippen LogP contribution >= 0.6 is 11.3 Å². The first-order valence-corrected chi connectivity index (χ1v) is 13.4. The maximum Gasteiger partial charge on any atom is 0.271 e. The molecule has 2 aliphatic rings. The van der Waals surface area contributed by atoms with E-state index in [9.17, 15) is 18.0 Å². The van der Waals surface area contributed by atoms with Crippen molar-refractivity contribution in [3.8, 4) is 0 Å². The van der Waals surface area contributed by atoms with Crippen LogP contribution in [0.15, 0.2) is 46.0 Å². The van der Waals surface area contributed by atoms with Crippen molar-refractivity contribution in [3.63, 3.8) is 0 Å². The van der Waals surface area contributed by atoms with Crippen LogP contribution in [0.2, 0.25) is 0 Å². The van der Waals surface area contributed by atoms with E-state index in [1.54, 1.807) is 46.7 Å². The van der Waals surface area contributed by atoms with Crippen molar-refractivity contribution in [1.82, 2.24) is 9.80 Å². The molecule has 1 aromatic carbocycles. The lowest BCUT2D eigenvalue weighted by Gasteiger charge is -2.36. The first-order chi connectivity index (χ1) is 15.3. The number of amides is 2. The molecule has 0 unspecified atom stereocenters. The minimum Gasteiger partial charge on any atom is -0.342 e. The van der Waals surface area contributed by atoms with E-state index < -0.39 is 10.0 Å². The molecule has 0 aliphatic carbocycles. The number of rotatable bonds is 5. The Hall–Kier alpha value is -2.39. The average Bonchev–Trinajstić information content (AvgIpc) is 3.35. The maximum atomic E-state index is 12.9. The summed E-state index contributed by atoms with van der Waals surface area (Å²) in [5.74, 6) is 0.846. The van der Waals surface area contributed by atoms with Crippen molar-refractivity contribution in [3.05, 3.63) is 47.3 Å². The third kappa shape index (κ3) is 5.15. The van der Waals surface area contributed by atoms with Gasteiger partial charge in [-0.05, 0) is 67.3 Å². The Kier molecular flexibility index (Phi) is 6.85. The Balaban J connectivity index is 1.31. The number of piperidine rings is 2. The normalized spacial score (nSPS) is 18.5. The molecule has 1 N–H and O–H groups in total. The highest BCUT2D eigenvalue weighted by molar-refractivity contribution is 7.94. The quantitative estimate of drug-likeness (QED) is 0.715. The maximum absolute atomic E-state index is 12.9. The summed E-state index contributed by atoms with van der Waals surface area (Å²) in [4.78, 5) is 29.5. The lowest BCUT2D eigenvalue weighted by atomic mass is 9.92. The summed E-state index contributed by atoms with van der Waals surface area (Å²) < 4.78 is 27.5. The Morgan fingerprint density at radius 1 is 0.938 bits per heavy atom. The third-order valence-electron chi connectivity index (χ3n) is 6.37. The molecule has 2 amide bonds. The molecule has 0 radical (unpaired) electrons. The van der Waals surface area contributed by atoms with E-state index >= 15 is 0 Å². The van der Waals surface area contributed by atoms with Crippen LogP contribution in [-0.4, -0.2) is 56.2 Å². The van der Waals surface area contributed by atoms with Crippen LogP contribution in [0.3, 0.4) is 0 Å². The van der Waals surface area contributed by atoms with E-state index in [0.29, 0.717) is 43.1 Å². The molecule has 1 aromatic heterocycles. The molecule has 9 heteroatoms. The second kappa shape index (κ2) is 9.62. The van der Waals surface area contributed by atoms with Gasteiger partial charge >= 0.3 is 0 Å². The zero-order chi connectivity index (χ0) is 22.7. The fraction of sp³-hybridized carbons (Fsp3) is 0.478. The van der Waals surface area contributed by atoms with Gasteiger partial charge in [-0.2, -0.15) is 0 Å². The van der Waals surface area contributed by atoms with E-state index in [-0.39, 0.29) is 21.9 Å². The smallest absolute Gasteiger partial charge is 0.271 e. The molecule has 32 heavy (non-hydrogen) atoms. The number of benzene rings is 1. The second-order valence-electron chi connectivity index (χ2n) is 8.69. The van der Waals surface area contributed by atoms with Gasteiger partial charge in [0.05, 0.1) is 0 Å². The summed E-state index contributed by atoms with van der Waals surface area (Å²) in [6.45, 7) is 5.05. The van der Waals surface area contributed by atoms with Crippen LogP contribution in [0.4, 0.5) is 5.69 Å². The molecule has 0 atom stereocenters. The fourth-order valence-electron chi connectivity index (χ4n) is 4.30. The number of hydrogen-bond acceptors (Lipinski definition) is 5. The van der Waals surface area contributed by atoms with E-state index in [1.165, 1.54) is 0 Å². The molecule has 0 spiro atoms. The standard InChI is InChI=1S/C23H29N3O4S2/c1-17-8-12-25(13-9-17)23(28)19-10-14-26(15-11-19)22(27)18-4-6-20(7-5-18)24-32(29,30)21-3-2-16-31-21/h2-7,16-17,19,24H,8-15H2,1H3. The molecule has 2 saturated heterocycles. The third-order valence-corrected chi connectivity index (χ3v) is 9.15. The molecule has 0 bridgehead atoms. The second-order valence-corrected chi connectivity index (χ2v) is 11.5. The first kappa shape index (κ1) is 22.8. The van der Waals surface area contributed by atoms with Crippen molar-refractivity contribution in [2.24, 2.45) is 11.8 Å². The van der Waals surface area contributed by atoms with E-state index in [1.807, 2.05) is 4.90 Å². The minimum absolute atomic E-state index is 0.00138. The lowest BCUT2D eigenvalue weighted by molar-refractivity contribution is -0.138. The molecule has 7 nitrogen and oxygen atoms in total. The van der Waals surface area contributed by atoms with Crippen LogP contribution in [0, 0.1) is 11.8 Å². The van der Waals surface area contributed by atoms with Crippen molar-refractivity contribution >= 4 is 38.9 Å². The molecule has 2 aliphatic heterocycles. The molecule has 2 fully saturated rings. The zero-order valence-electron chi connectivity index (χ0n) is 18.2. The molecule has 172 valence electrons. The number of likely N-dealkylation sites (tertiary alicyclic amines) is 2. The lowest BCUT2D eigenvalue weighted by Crippen LogP contribution is -2.46. The highest BCUT2D eigenvalue weighted by atomic mass is 32.2. The number of sulfonamides is 1. The summed E-state index contributed by atoms with van der Waals surface area (Å²) in [6.07, 6.45) is 3.52. The Bertz CT molecular complexity index is 1040. The van der Waals surface area contributed by atoms with Gasteiger partial charge in [0.1, 0.15) is 4.21 Å². The van der Waals surface area contributed by atoms with E-state index in [4.69, 9.17) is 0 Å². The van der Waals surface area contributed by atoms with Crippen LogP contribution in [0.5, 0.6) is 0 Å². The zero-order valence-corrected chi connectivity index (χ0v) is 19.8.